The quantitative estimate of drug-likeness (QED) is 0.861. The SMILES string of the molecule is CC(C)(C)C(O)CNC(=O)C1CC1c1ccccc1OC(F)(F)F. The van der Waals surface area contributed by atoms with Gasteiger partial charge < -0.3 is 15.2 Å². The van der Waals surface area contributed by atoms with Crippen LogP contribution in [0.25, 0.3) is 0 Å². The predicted octanol–water partition coefficient (Wildman–Crippen LogP) is 3.21. The van der Waals surface area contributed by atoms with Crippen LogP contribution < -0.4 is 10.1 Å². The second-order valence-electron chi connectivity index (χ2n) is 7.16. The number of aliphatic hydroxyl groups excluding tert-OH is 1. The van der Waals surface area contributed by atoms with Gasteiger partial charge in [-0.3, -0.25) is 4.79 Å². The Balaban J connectivity index is 1.97. The minimum atomic E-state index is -4.76. The third kappa shape index (κ3) is 4.87. The highest BCUT2D eigenvalue weighted by atomic mass is 19.4. The maximum atomic E-state index is 12.5. The summed E-state index contributed by atoms with van der Waals surface area (Å²) in [6.45, 7) is 5.68. The van der Waals surface area contributed by atoms with Gasteiger partial charge in [-0.25, -0.2) is 0 Å². The molecule has 1 amide bonds. The summed E-state index contributed by atoms with van der Waals surface area (Å²) in [5.41, 5.74) is 0.0231. The molecule has 0 bridgehead atoms. The fourth-order valence-electron chi connectivity index (χ4n) is 2.47. The summed E-state index contributed by atoms with van der Waals surface area (Å²) in [4.78, 5) is 12.1. The summed E-state index contributed by atoms with van der Waals surface area (Å²) < 4.78 is 41.4. The lowest BCUT2D eigenvalue weighted by Crippen LogP contribution is -2.39. The van der Waals surface area contributed by atoms with Crippen LogP contribution in [0.15, 0.2) is 24.3 Å². The highest BCUT2D eigenvalue weighted by molar-refractivity contribution is 5.83. The zero-order chi connectivity index (χ0) is 18.1. The Kier molecular flexibility index (Phi) is 5.13. The van der Waals surface area contributed by atoms with Crippen LogP contribution in [-0.4, -0.2) is 30.0 Å². The van der Waals surface area contributed by atoms with E-state index in [-0.39, 0.29) is 29.5 Å². The van der Waals surface area contributed by atoms with E-state index in [1.54, 1.807) is 12.1 Å². The van der Waals surface area contributed by atoms with Crippen LogP contribution in [0.3, 0.4) is 0 Å². The Labute approximate surface area is 139 Å². The van der Waals surface area contributed by atoms with Crippen molar-refractivity contribution in [1.29, 1.82) is 0 Å². The largest absolute Gasteiger partial charge is 0.573 e. The average Bonchev–Trinajstić information content (AvgIpc) is 3.22. The van der Waals surface area contributed by atoms with E-state index in [4.69, 9.17) is 0 Å². The molecule has 134 valence electrons. The lowest BCUT2D eigenvalue weighted by molar-refractivity contribution is -0.274. The number of hydrogen-bond donors (Lipinski definition) is 2. The first kappa shape index (κ1) is 18.6. The molecule has 7 heteroatoms. The van der Waals surface area contributed by atoms with Gasteiger partial charge in [0.25, 0.3) is 0 Å². The van der Waals surface area contributed by atoms with Gasteiger partial charge in [0.2, 0.25) is 5.91 Å². The zero-order valence-electron chi connectivity index (χ0n) is 13.9. The number of rotatable bonds is 5. The molecular formula is C17H22F3NO3. The van der Waals surface area contributed by atoms with Gasteiger partial charge in [0.05, 0.1) is 6.10 Å². The molecule has 2 N–H and O–H groups in total. The van der Waals surface area contributed by atoms with Gasteiger partial charge >= 0.3 is 6.36 Å². The van der Waals surface area contributed by atoms with Crippen molar-refractivity contribution in [1.82, 2.24) is 5.32 Å². The first-order valence-corrected chi connectivity index (χ1v) is 7.79. The van der Waals surface area contributed by atoms with E-state index in [1.807, 2.05) is 20.8 Å². The number of ether oxygens (including phenoxy) is 1. The van der Waals surface area contributed by atoms with E-state index in [1.165, 1.54) is 12.1 Å². The Morgan fingerprint density at radius 2 is 1.96 bits per heavy atom. The lowest BCUT2D eigenvalue weighted by Gasteiger charge is -2.25. The molecule has 3 unspecified atom stereocenters. The van der Waals surface area contributed by atoms with Crippen molar-refractivity contribution in [2.45, 2.75) is 45.6 Å². The summed E-state index contributed by atoms with van der Waals surface area (Å²) in [5.74, 6) is -1.21. The fraction of sp³-hybridized carbons (Fsp3) is 0.588. The molecule has 4 nitrogen and oxygen atoms in total. The Hall–Kier alpha value is -1.76. The minimum Gasteiger partial charge on any atom is -0.405 e. The molecule has 1 fully saturated rings. The smallest absolute Gasteiger partial charge is 0.405 e. The molecule has 1 aliphatic rings. The number of para-hydroxylation sites is 1. The number of aliphatic hydroxyl groups is 1. The number of halogens is 3. The second-order valence-corrected chi connectivity index (χ2v) is 7.16. The van der Waals surface area contributed by atoms with Crippen LogP contribution in [0.1, 0.15) is 38.7 Å². The van der Waals surface area contributed by atoms with Gasteiger partial charge in [-0.2, -0.15) is 0 Å². The monoisotopic (exact) mass is 345 g/mol. The molecular weight excluding hydrogens is 323 g/mol. The van der Waals surface area contributed by atoms with E-state index in [2.05, 4.69) is 10.1 Å². The van der Waals surface area contributed by atoms with Gasteiger partial charge in [-0.1, -0.05) is 39.0 Å². The van der Waals surface area contributed by atoms with Crippen LogP contribution in [0.4, 0.5) is 13.2 Å². The summed E-state index contributed by atoms with van der Waals surface area (Å²) in [7, 11) is 0. The molecule has 0 aliphatic heterocycles. The van der Waals surface area contributed by atoms with Crippen LogP contribution >= 0.6 is 0 Å². The first-order valence-electron chi connectivity index (χ1n) is 7.79. The van der Waals surface area contributed by atoms with Gasteiger partial charge in [0, 0.05) is 12.5 Å². The van der Waals surface area contributed by atoms with Crippen LogP contribution in [0, 0.1) is 11.3 Å². The number of hydrogen-bond acceptors (Lipinski definition) is 3. The Morgan fingerprint density at radius 1 is 1.33 bits per heavy atom. The van der Waals surface area contributed by atoms with Gasteiger partial charge in [0.1, 0.15) is 5.75 Å². The van der Waals surface area contributed by atoms with Gasteiger partial charge in [-0.15, -0.1) is 13.2 Å². The molecule has 24 heavy (non-hydrogen) atoms. The standard InChI is InChI=1S/C17H22F3NO3/c1-16(2,3)14(22)9-21-15(23)12-8-11(12)10-6-4-5-7-13(10)24-17(18,19)20/h4-7,11-12,14,22H,8-9H2,1-3H3,(H,21,23). The van der Waals surface area contributed by atoms with E-state index in [0.29, 0.717) is 12.0 Å². The summed E-state index contributed by atoms with van der Waals surface area (Å²) in [5, 5.41) is 12.6. The molecule has 0 radical (unpaired) electrons. The van der Waals surface area contributed by atoms with E-state index in [0.717, 1.165) is 0 Å². The van der Waals surface area contributed by atoms with E-state index in [9.17, 15) is 23.1 Å². The van der Waals surface area contributed by atoms with Gasteiger partial charge in [-0.05, 0) is 29.4 Å². The fourth-order valence-corrected chi connectivity index (χ4v) is 2.47. The topological polar surface area (TPSA) is 58.6 Å². The maximum Gasteiger partial charge on any atom is 0.573 e. The second kappa shape index (κ2) is 6.63. The lowest BCUT2D eigenvalue weighted by atomic mass is 9.89. The van der Waals surface area contributed by atoms with E-state index < -0.39 is 18.4 Å². The van der Waals surface area contributed by atoms with Gasteiger partial charge in [0.15, 0.2) is 0 Å². The van der Waals surface area contributed by atoms with Crippen molar-refractivity contribution in [3.63, 3.8) is 0 Å². The molecule has 1 aliphatic carbocycles. The van der Waals surface area contributed by atoms with Crippen molar-refractivity contribution < 1.29 is 27.8 Å². The molecule has 2 rings (SSSR count). The molecule has 0 heterocycles. The molecule has 0 saturated heterocycles. The zero-order valence-corrected chi connectivity index (χ0v) is 13.9. The number of alkyl halides is 3. The third-order valence-electron chi connectivity index (χ3n) is 4.14. The highest BCUT2D eigenvalue weighted by Gasteiger charge is 2.46. The first-order chi connectivity index (χ1) is 11.0. The Morgan fingerprint density at radius 3 is 2.54 bits per heavy atom. The van der Waals surface area contributed by atoms with Crippen LogP contribution in [-0.2, 0) is 4.79 Å². The van der Waals surface area contributed by atoms with Crippen LogP contribution in [0.2, 0.25) is 0 Å². The highest BCUT2D eigenvalue weighted by Crippen LogP contribution is 2.51. The number of benzene rings is 1. The molecule has 0 spiro atoms. The van der Waals surface area contributed by atoms with E-state index >= 15 is 0 Å². The minimum absolute atomic E-state index is 0.117. The number of amides is 1. The van der Waals surface area contributed by atoms with Crippen molar-refractivity contribution in [2.75, 3.05) is 6.54 Å². The number of nitrogens with one attached hydrogen (secondary N) is 1. The normalized spacial score (nSPS) is 22.0. The number of carbonyl (C=O) groups is 1. The number of carbonyl (C=O) groups excluding carboxylic acids is 1. The molecule has 0 aromatic heterocycles. The summed E-state index contributed by atoms with van der Waals surface area (Å²) >= 11 is 0. The van der Waals surface area contributed by atoms with Crippen molar-refractivity contribution in [3.8, 4) is 5.75 Å². The molecule has 1 saturated carbocycles. The Bertz CT molecular complexity index is 595. The molecule has 1 aromatic rings. The maximum absolute atomic E-state index is 12.5. The molecule has 1 aromatic carbocycles. The van der Waals surface area contributed by atoms with Crippen molar-refractivity contribution in [3.05, 3.63) is 29.8 Å². The average molecular weight is 345 g/mol. The van der Waals surface area contributed by atoms with Crippen LogP contribution in [0.5, 0.6) is 5.75 Å². The third-order valence-corrected chi connectivity index (χ3v) is 4.14. The molecule has 3 atom stereocenters. The predicted molar refractivity (Wildman–Crippen MR) is 82.4 cm³/mol. The summed E-state index contributed by atoms with van der Waals surface area (Å²) in [6, 6.07) is 5.87. The van der Waals surface area contributed by atoms with Crippen molar-refractivity contribution >= 4 is 5.91 Å². The summed E-state index contributed by atoms with van der Waals surface area (Å²) in [6.07, 6.45) is -4.99. The van der Waals surface area contributed by atoms with Crippen molar-refractivity contribution in [2.24, 2.45) is 11.3 Å².